The van der Waals surface area contributed by atoms with Crippen molar-refractivity contribution in [3.05, 3.63) is 59.4 Å². The number of nitrogens with zero attached hydrogens (tertiary/aromatic N) is 1. The first-order chi connectivity index (χ1) is 11.8. The normalized spacial score (nSPS) is 23.0. The number of sulfonamides is 1. The Labute approximate surface area is 145 Å². The molecule has 1 fully saturated rings. The molecular formula is C18H17FN2O3S. The molecule has 5 nitrogen and oxygen atoms in total. The van der Waals surface area contributed by atoms with Crippen LogP contribution in [0, 0.1) is 12.7 Å². The number of para-hydroxylation sites is 1. The molecule has 0 saturated carbocycles. The zero-order valence-electron chi connectivity index (χ0n) is 13.6. The van der Waals surface area contributed by atoms with Crippen LogP contribution < -0.4 is 5.32 Å². The SMILES string of the molecule is Cc1ccc(F)cc1S(=O)(=O)N1CC[C@]2(C1)C(=O)Nc1ccccc12. The van der Waals surface area contributed by atoms with E-state index < -0.39 is 21.3 Å². The lowest BCUT2D eigenvalue weighted by atomic mass is 9.81. The van der Waals surface area contributed by atoms with Crippen LogP contribution in [-0.2, 0) is 20.2 Å². The van der Waals surface area contributed by atoms with Crippen molar-refractivity contribution in [2.45, 2.75) is 23.7 Å². The fourth-order valence-corrected chi connectivity index (χ4v) is 5.49. The predicted octanol–water partition coefficient (Wildman–Crippen LogP) is 2.42. The van der Waals surface area contributed by atoms with Crippen LogP contribution in [0.15, 0.2) is 47.4 Å². The van der Waals surface area contributed by atoms with Crippen molar-refractivity contribution >= 4 is 21.6 Å². The lowest BCUT2D eigenvalue weighted by Gasteiger charge is -2.23. The fraction of sp³-hybridized carbons (Fsp3) is 0.278. The van der Waals surface area contributed by atoms with E-state index in [2.05, 4.69) is 5.32 Å². The zero-order chi connectivity index (χ0) is 17.8. The van der Waals surface area contributed by atoms with Crippen LogP contribution in [-0.4, -0.2) is 31.7 Å². The molecule has 2 aromatic carbocycles. The Morgan fingerprint density at radius 2 is 1.96 bits per heavy atom. The van der Waals surface area contributed by atoms with E-state index in [1.54, 1.807) is 6.92 Å². The summed E-state index contributed by atoms with van der Waals surface area (Å²) in [7, 11) is -3.87. The lowest BCUT2D eigenvalue weighted by molar-refractivity contribution is -0.120. The number of rotatable bonds is 2. The minimum Gasteiger partial charge on any atom is -0.325 e. The number of anilines is 1. The van der Waals surface area contributed by atoms with Crippen molar-refractivity contribution in [2.75, 3.05) is 18.4 Å². The molecule has 0 aromatic heterocycles. The Morgan fingerprint density at radius 1 is 1.20 bits per heavy atom. The van der Waals surface area contributed by atoms with Gasteiger partial charge >= 0.3 is 0 Å². The number of hydrogen-bond acceptors (Lipinski definition) is 3. The van der Waals surface area contributed by atoms with Crippen LogP contribution in [0.1, 0.15) is 17.5 Å². The molecular weight excluding hydrogens is 343 g/mol. The molecule has 1 atom stereocenters. The Morgan fingerprint density at radius 3 is 2.76 bits per heavy atom. The number of nitrogens with one attached hydrogen (secondary N) is 1. The van der Waals surface area contributed by atoms with Gasteiger partial charge in [0.1, 0.15) is 5.82 Å². The first-order valence-corrected chi connectivity index (χ1v) is 9.46. The van der Waals surface area contributed by atoms with Gasteiger partial charge in [-0.15, -0.1) is 0 Å². The largest absolute Gasteiger partial charge is 0.325 e. The van der Waals surface area contributed by atoms with Crippen LogP contribution in [0.2, 0.25) is 0 Å². The van der Waals surface area contributed by atoms with Gasteiger partial charge < -0.3 is 5.32 Å². The molecule has 1 spiro atoms. The number of amides is 1. The summed E-state index contributed by atoms with van der Waals surface area (Å²) in [4.78, 5) is 12.5. The summed E-state index contributed by atoms with van der Waals surface area (Å²) < 4.78 is 40.8. The Hall–Kier alpha value is -2.25. The molecule has 7 heteroatoms. The number of halogens is 1. The van der Waals surface area contributed by atoms with Crippen molar-refractivity contribution in [1.82, 2.24) is 4.31 Å². The average Bonchev–Trinajstić information content (AvgIpc) is 3.15. The second-order valence-corrected chi connectivity index (χ2v) is 8.49. The maximum atomic E-state index is 13.6. The first kappa shape index (κ1) is 16.2. The predicted molar refractivity (Wildman–Crippen MR) is 91.3 cm³/mol. The van der Waals surface area contributed by atoms with Crippen LogP contribution >= 0.6 is 0 Å². The number of hydrogen-bond donors (Lipinski definition) is 1. The van der Waals surface area contributed by atoms with Crippen LogP contribution in [0.3, 0.4) is 0 Å². The molecule has 1 amide bonds. The molecule has 130 valence electrons. The number of benzene rings is 2. The third kappa shape index (κ3) is 2.30. The standard InChI is InChI=1S/C18H17FN2O3S/c1-12-6-7-13(19)10-16(12)25(23,24)21-9-8-18(11-21)14-4-2-3-5-15(14)20-17(18)22/h2-7,10H,8-9,11H2,1H3,(H,20,22)/t18-/m1/s1. The first-order valence-electron chi connectivity index (χ1n) is 8.02. The molecule has 2 aliphatic rings. The summed E-state index contributed by atoms with van der Waals surface area (Å²) in [5, 5.41) is 2.84. The highest BCUT2D eigenvalue weighted by Crippen LogP contribution is 2.45. The fourth-order valence-electron chi connectivity index (χ4n) is 3.75. The molecule has 0 aliphatic carbocycles. The second kappa shape index (κ2) is 5.37. The topological polar surface area (TPSA) is 66.5 Å². The van der Waals surface area contributed by atoms with Crippen LogP contribution in [0.25, 0.3) is 0 Å². The maximum Gasteiger partial charge on any atom is 0.243 e. The molecule has 0 unspecified atom stereocenters. The second-order valence-electron chi connectivity index (χ2n) is 6.58. The van der Waals surface area contributed by atoms with E-state index in [1.165, 1.54) is 16.4 Å². The number of fused-ring (bicyclic) bond motifs is 2. The molecule has 2 aromatic rings. The number of aryl methyl sites for hydroxylation is 1. The van der Waals surface area contributed by atoms with Crippen molar-refractivity contribution < 1.29 is 17.6 Å². The average molecular weight is 360 g/mol. The van der Waals surface area contributed by atoms with Gasteiger partial charge in [-0.1, -0.05) is 24.3 Å². The molecule has 4 rings (SSSR count). The van der Waals surface area contributed by atoms with Crippen molar-refractivity contribution in [3.63, 3.8) is 0 Å². The highest BCUT2D eigenvalue weighted by atomic mass is 32.2. The van der Waals surface area contributed by atoms with Gasteiger partial charge in [0.15, 0.2) is 0 Å². The van der Waals surface area contributed by atoms with Crippen LogP contribution in [0.5, 0.6) is 0 Å². The van der Waals surface area contributed by atoms with E-state index in [9.17, 15) is 17.6 Å². The van der Waals surface area contributed by atoms with Gasteiger partial charge in [-0.05, 0) is 42.7 Å². The van der Waals surface area contributed by atoms with E-state index in [0.29, 0.717) is 12.0 Å². The molecule has 2 heterocycles. The third-order valence-corrected chi connectivity index (χ3v) is 7.11. The zero-order valence-corrected chi connectivity index (χ0v) is 14.4. The van der Waals surface area contributed by atoms with Crippen molar-refractivity contribution in [2.24, 2.45) is 0 Å². The number of carbonyl (C=O) groups excluding carboxylic acids is 1. The monoisotopic (exact) mass is 360 g/mol. The smallest absolute Gasteiger partial charge is 0.243 e. The van der Waals surface area contributed by atoms with Gasteiger partial charge in [0.25, 0.3) is 0 Å². The van der Waals surface area contributed by atoms with Gasteiger partial charge in [0.05, 0.1) is 10.3 Å². The van der Waals surface area contributed by atoms with Gasteiger partial charge in [0, 0.05) is 18.8 Å². The minimum absolute atomic E-state index is 0.0451. The summed E-state index contributed by atoms with van der Waals surface area (Å²) in [6, 6.07) is 11.1. The Kier molecular flexibility index (Phi) is 3.49. The van der Waals surface area contributed by atoms with Crippen molar-refractivity contribution in [1.29, 1.82) is 0 Å². The molecule has 2 aliphatic heterocycles. The quantitative estimate of drug-likeness (QED) is 0.894. The number of carbonyl (C=O) groups is 1. The molecule has 0 radical (unpaired) electrons. The third-order valence-electron chi connectivity index (χ3n) is 5.13. The minimum atomic E-state index is -3.87. The maximum absolute atomic E-state index is 13.6. The van der Waals surface area contributed by atoms with Gasteiger partial charge in [0.2, 0.25) is 15.9 Å². The van der Waals surface area contributed by atoms with E-state index >= 15 is 0 Å². The highest BCUT2D eigenvalue weighted by Gasteiger charge is 2.53. The molecule has 1 saturated heterocycles. The van der Waals surface area contributed by atoms with Gasteiger partial charge in [-0.2, -0.15) is 4.31 Å². The van der Waals surface area contributed by atoms with Crippen molar-refractivity contribution in [3.8, 4) is 0 Å². The molecule has 0 bridgehead atoms. The van der Waals surface area contributed by atoms with Crippen LogP contribution in [0.4, 0.5) is 10.1 Å². The molecule has 25 heavy (non-hydrogen) atoms. The molecule has 1 N–H and O–H groups in total. The van der Waals surface area contributed by atoms with E-state index in [4.69, 9.17) is 0 Å². The Balaban J connectivity index is 1.74. The van der Waals surface area contributed by atoms with E-state index in [0.717, 1.165) is 17.3 Å². The summed E-state index contributed by atoms with van der Waals surface area (Å²) in [5.74, 6) is -0.774. The van der Waals surface area contributed by atoms with Gasteiger partial charge in [-0.3, -0.25) is 4.79 Å². The summed E-state index contributed by atoms with van der Waals surface area (Å²) in [6.45, 7) is 1.92. The highest BCUT2D eigenvalue weighted by molar-refractivity contribution is 7.89. The Bertz CT molecular complexity index is 990. The van der Waals surface area contributed by atoms with E-state index in [1.807, 2.05) is 24.3 Å². The summed E-state index contributed by atoms with van der Waals surface area (Å²) >= 11 is 0. The summed E-state index contributed by atoms with van der Waals surface area (Å²) in [6.07, 6.45) is 0.406. The van der Waals surface area contributed by atoms with E-state index in [-0.39, 0.29) is 23.9 Å². The lowest BCUT2D eigenvalue weighted by Crippen LogP contribution is -2.39. The summed E-state index contributed by atoms with van der Waals surface area (Å²) in [5.41, 5.74) is 1.17. The van der Waals surface area contributed by atoms with Gasteiger partial charge in [-0.25, -0.2) is 12.8 Å².